The van der Waals surface area contributed by atoms with Gasteiger partial charge < -0.3 is 34.6 Å². The molecular formula is C39H42Cl2N2Zr-2. The fraction of sp³-hybridized carbons (Fsp3) is 0.205. The fourth-order valence-corrected chi connectivity index (χ4v) is 6.17. The molecule has 228 valence electrons. The van der Waals surface area contributed by atoms with Crippen LogP contribution in [0.25, 0.3) is 21.5 Å². The molecule has 0 heterocycles. The van der Waals surface area contributed by atoms with Gasteiger partial charge in [-0.15, -0.1) is 28.3 Å². The number of hydrogen-bond donors (Lipinski definition) is 0. The van der Waals surface area contributed by atoms with Crippen LogP contribution in [0, 0.1) is 0 Å². The van der Waals surface area contributed by atoms with Gasteiger partial charge in [0, 0.05) is 37.6 Å². The molecule has 5 heteroatoms. The minimum atomic E-state index is 0. The molecule has 6 aromatic carbocycles. The van der Waals surface area contributed by atoms with Crippen molar-refractivity contribution in [1.82, 2.24) is 0 Å². The summed E-state index contributed by atoms with van der Waals surface area (Å²) in [6.07, 6.45) is 0. The maximum absolute atomic E-state index is 2.44. The van der Waals surface area contributed by atoms with E-state index in [4.69, 9.17) is 0 Å². The van der Waals surface area contributed by atoms with Gasteiger partial charge in [-0.3, -0.25) is 0 Å². The van der Waals surface area contributed by atoms with Crippen molar-refractivity contribution in [1.29, 1.82) is 0 Å². The van der Waals surface area contributed by atoms with Crippen molar-refractivity contribution < 1.29 is 49.0 Å². The maximum Gasteiger partial charge on any atom is -0.172 e. The zero-order chi connectivity index (χ0) is 29.7. The molecule has 0 bridgehead atoms. The van der Waals surface area contributed by atoms with Gasteiger partial charge in [0.05, 0.1) is 0 Å². The van der Waals surface area contributed by atoms with E-state index in [1.165, 1.54) is 71.5 Å². The number of rotatable bonds is 8. The molecular weight excluding hydrogens is 659 g/mol. The van der Waals surface area contributed by atoms with Crippen molar-refractivity contribution in [2.45, 2.75) is 27.7 Å². The summed E-state index contributed by atoms with van der Waals surface area (Å²) in [5, 5.41) is 5.47. The second kappa shape index (κ2) is 19.4. The molecule has 0 radical (unpaired) electrons. The van der Waals surface area contributed by atoms with Crippen LogP contribution in [0.5, 0.6) is 0 Å². The third kappa shape index (κ3) is 9.51. The molecule has 0 amide bonds. The average molecular weight is 701 g/mol. The van der Waals surface area contributed by atoms with Gasteiger partial charge in [-0.05, 0) is 27.7 Å². The summed E-state index contributed by atoms with van der Waals surface area (Å²) in [6.45, 7) is 13.1. The summed E-state index contributed by atoms with van der Waals surface area (Å²) in [6, 6.07) is 47.0. The third-order valence-corrected chi connectivity index (χ3v) is 9.02. The first-order chi connectivity index (χ1) is 20.6. The Hall–Kier alpha value is -2.97. The Kier molecular flexibility index (Phi) is 16.4. The number of hydrogen-bond acceptors (Lipinski definition) is 2. The van der Waals surface area contributed by atoms with E-state index >= 15 is 0 Å². The Morgan fingerprint density at radius 3 is 1.61 bits per heavy atom. The van der Waals surface area contributed by atoms with E-state index in [-0.39, 0.29) is 24.8 Å². The Labute approximate surface area is 291 Å². The average Bonchev–Trinajstić information content (AvgIpc) is 3.75. The predicted octanol–water partition coefficient (Wildman–Crippen LogP) is 3.62. The first-order valence-corrected chi connectivity index (χ1v) is 16.3. The SMILES string of the molecule is CCN(CC)c1ccc2c(c1)[cH-]c1cccc(N(CC)CC)c12.[Cl-].[Cl-].[Zr+2]=[C](c1ccccc1)c1ccccc1.c1cc[cH-]c1. The molecule has 0 unspecified atom stereocenters. The third-order valence-electron chi connectivity index (χ3n) is 7.60. The first kappa shape index (κ1) is 37.2. The van der Waals surface area contributed by atoms with E-state index in [9.17, 15) is 0 Å². The van der Waals surface area contributed by atoms with E-state index in [0.717, 1.165) is 26.2 Å². The maximum atomic E-state index is 2.44. The Bertz CT molecular complexity index is 1580. The smallest absolute Gasteiger partial charge is 0.172 e. The zero-order valence-corrected chi connectivity index (χ0v) is 30.2. The van der Waals surface area contributed by atoms with Crippen LogP contribution < -0.4 is 34.6 Å². The number of nitrogens with zero attached hydrogens (tertiary/aromatic N) is 2. The summed E-state index contributed by atoms with van der Waals surface area (Å²) in [4.78, 5) is 4.85. The molecule has 6 rings (SSSR count). The number of halogens is 2. The molecule has 2 nitrogen and oxygen atoms in total. The van der Waals surface area contributed by atoms with Crippen molar-refractivity contribution in [3.8, 4) is 0 Å². The molecule has 0 saturated carbocycles. The van der Waals surface area contributed by atoms with E-state index in [2.05, 4.69) is 141 Å². The molecule has 0 atom stereocenters. The molecule has 44 heavy (non-hydrogen) atoms. The minimum absolute atomic E-state index is 0. The van der Waals surface area contributed by atoms with E-state index in [0.29, 0.717) is 0 Å². The molecule has 0 aliphatic rings. The Morgan fingerprint density at radius 2 is 1.14 bits per heavy atom. The van der Waals surface area contributed by atoms with Crippen molar-refractivity contribution in [2.75, 3.05) is 36.0 Å². The van der Waals surface area contributed by atoms with Crippen LogP contribution in [0.1, 0.15) is 38.8 Å². The number of anilines is 2. The summed E-state index contributed by atoms with van der Waals surface area (Å²) in [5.74, 6) is 0. The van der Waals surface area contributed by atoms with Gasteiger partial charge >= 0.3 is 99.2 Å². The summed E-state index contributed by atoms with van der Waals surface area (Å²) < 4.78 is 1.42. The Balaban J connectivity index is 0.000000273. The molecule has 0 saturated heterocycles. The van der Waals surface area contributed by atoms with Crippen molar-refractivity contribution in [3.63, 3.8) is 0 Å². The van der Waals surface area contributed by atoms with Gasteiger partial charge in [-0.1, -0.05) is 35.7 Å². The topological polar surface area (TPSA) is 6.48 Å². The first-order valence-electron chi connectivity index (χ1n) is 15.1. The number of benzene rings is 4. The molecule has 0 aromatic heterocycles. The van der Waals surface area contributed by atoms with E-state index in [1.807, 2.05) is 30.3 Å². The van der Waals surface area contributed by atoms with Crippen molar-refractivity contribution in [2.24, 2.45) is 0 Å². The Morgan fingerprint density at radius 1 is 0.591 bits per heavy atom. The van der Waals surface area contributed by atoms with Gasteiger partial charge in [0.2, 0.25) is 0 Å². The monoisotopic (exact) mass is 698 g/mol. The van der Waals surface area contributed by atoms with Crippen LogP contribution in [0.15, 0.2) is 133 Å². The van der Waals surface area contributed by atoms with Gasteiger partial charge in [-0.2, -0.15) is 18.2 Å². The van der Waals surface area contributed by atoms with Gasteiger partial charge in [0.15, 0.2) is 0 Å². The molecule has 0 fully saturated rings. The van der Waals surface area contributed by atoms with Crippen molar-refractivity contribution >= 4 is 36.1 Å². The fourth-order valence-electron chi connectivity index (χ4n) is 5.35. The second-order valence-electron chi connectivity index (χ2n) is 10.1. The van der Waals surface area contributed by atoms with Gasteiger partial charge in [0.1, 0.15) is 0 Å². The molecule has 0 aliphatic carbocycles. The number of fused-ring (bicyclic) bond motifs is 3. The summed E-state index contributed by atoms with van der Waals surface area (Å²) >= 11 is 1.46. The van der Waals surface area contributed by atoms with E-state index in [1.54, 1.807) is 0 Å². The van der Waals surface area contributed by atoms with Crippen molar-refractivity contribution in [3.05, 3.63) is 145 Å². The normalized spacial score (nSPS) is 9.95. The van der Waals surface area contributed by atoms with Gasteiger partial charge in [0.25, 0.3) is 0 Å². The molecule has 0 N–H and O–H groups in total. The minimum Gasteiger partial charge on any atom is -0.214 e. The van der Waals surface area contributed by atoms with Crippen LogP contribution in [0.4, 0.5) is 11.4 Å². The quantitative estimate of drug-likeness (QED) is 0.224. The molecule has 0 spiro atoms. The van der Waals surface area contributed by atoms with Crippen LogP contribution >= 0.6 is 0 Å². The standard InChI is InChI=1S/C21H27N2.C13H10.C5H5.2ClH.Zr/c1-5-22(6-2)18-12-13-19-17(15-18)14-16-10-9-11-20(21(16)19)23(7-3)8-4;1-3-7-12(8-4-1)11-13-9-5-2-6-10-13;1-2-4-5-3-1;;;/h9-15H,5-8H2,1-4H3;1-10H;1-5H;2*1H;/q-1;;-1;;;+2/p-2. The summed E-state index contributed by atoms with van der Waals surface area (Å²) in [5.41, 5.74) is 5.34. The molecule has 0 aliphatic heterocycles. The van der Waals surface area contributed by atoms with Crippen LogP contribution in [0.2, 0.25) is 0 Å². The predicted molar refractivity (Wildman–Crippen MR) is 182 cm³/mol. The van der Waals surface area contributed by atoms with Crippen LogP contribution in [-0.2, 0) is 24.2 Å². The largest absolute Gasteiger partial charge is 0.214 e. The van der Waals surface area contributed by atoms with E-state index < -0.39 is 0 Å². The molecule has 6 aromatic rings. The zero-order valence-electron chi connectivity index (χ0n) is 26.2. The van der Waals surface area contributed by atoms with Crippen LogP contribution in [-0.4, -0.2) is 29.4 Å². The van der Waals surface area contributed by atoms with Crippen LogP contribution in [0.3, 0.4) is 0 Å². The summed E-state index contributed by atoms with van der Waals surface area (Å²) in [7, 11) is 0. The van der Waals surface area contributed by atoms with Gasteiger partial charge in [-0.25, -0.2) is 12.1 Å². The second-order valence-corrected chi connectivity index (χ2v) is 11.3.